The number of nitrogens with two attached hydrogens (primary N) is 1. The van der Waals surface area contributed by atoms with E-state index in [1.165, 1.54) is 0 Å². The fourth-order valence-electron chi connectivity index (χ4n) is 1.76. The summed E-state index contributed by atoms with van der Waals surface area (Å²) in [4.78, 5) is 13.3. The summed E-state index contributed by atoms with van der Waals surface area (Å²) in [6.45, 7) is 2.42. The van der Waals surface area contributed by atoms with E-state index in [1.54, 1.807) is 0 Å². The monoisotopic (exact) mass is 201 g/mol. The van der Waals surface area contributed by atoms with Gasteiger partial charge in [-0.05, 0) is 19.4 Å². The van der Waals surface area contributed by atoms with Crippen LogP contribution in [0.3, 0.4) is 0 Å². The van der Waals surface area contributed by atoms with Gasteiger partial charge in [0.1, 0.15) is 0 Å². The molecule has 0 aromatic heterocycles. The number of hydrogen-bond acceptors (Lipinski definition) is 4. The topological polar surface area (TPSA) is 78.6 Å². The summed E-state index contributed by atoms with van der Waals surface area (Å²) in [6.07, 6.45) is 2.05. The summed E-state index contributed by atoms with van der Waals surface area (Å²) in [5.41, 5.74) is 5.27. The van der Waals surface area contributed by atoms with E-state index in [0.717, 1.165) is 19.4 Å². The number of rotatable bonds is 5. The molecule has 5 heteroatoms. The zero-order valence-corrected chi connectivity index (χ0v) is 8.41. The van der Waals surface area contributed by atoms with Gasteiger partial charge in [0.05, 0.1) is 13.2 Å². The molecule has 82 valence electrons. The highest BCUT2D eigenvalue weighted by Crippen LogP contribution is 2.15. The van der Waals surface area contributed by atoms with Crippen LogP contribution in [0.1, 0.15) is 12.8 Å². The summed E-state index contributed by atoms with van der Waals surface area (Å²) in [5.74, 6) is -0.00389. The van der Waals surface area contributed by atoms with Crippen LogP contribution in [0.5, 0.6) is 0 Å². The zero-order valence-electron chi connectivity index (χ0n) is 8.41. The molecule has 1 saturated heterocycles. The molecule has 4 N–H and O–H groups in total. The largest absolute Gasteiger partial charge is 0.395 e. The molecular weight excluding hydrogens is 182 g/mol. The van der Waals surface area contributed by atoms with Crippen LogP contribution in [0.25, 0.3) is 0 Å². The Morgan fingerprint density at radius 1 is 1.64 bits per heavy atom. The first-order valence-electron chi connectivity index (χ1n) is 5.09. The van der Waals surface area contributed by atoms with Gasteiger partial charge in [0, 0.05) is 19.1 Å². The van der Waals surface area contributed by atoms with Gasteiger partial charge in [-0.25, -0.2) is 0 Å². The maximum atomic E-state index is 11.3. The highest BCUT2D eigenvalue weighted by Gasteiger charge is 2.24. The van der Waals surface area contributed by atoms with Gasteiger partial charge in [-0.3, -0.25) is 9.69 Å². The van der Waals surface area contributed by atoms with Crippen molar-refractivity contribution in [2.24, 2.45) is 5.73 Å². The van der Waals surface area contributed by atoms with Crippen molar-refractivity contribution in [2.75, 3.05) is 32.8 Å². The minimum Gasteiger partial charge on any atom is -0.395 e. The molecule has 0 aliphatic carbocycles. The Bertz CT molecular complexity index is 187. The molecule has 1 aliphatic rings. The average Bonchev–Trinajstić information content (AvgIpc) is 2.62. The van der Waals surface area contributed by atoms with Crippen LogP contribution in [0.4, 0.5) is 0 Å². The van der Waals surface area contributed by atoms with Crippen LogP contribution < -0.4 is 11.1 Å². The molecule has 0 saturated carbocycles. The van der Waals surface area contributed by atoms with Crippen LogP contribution in [0, 0.1) is 0 Å². The van der Waals surface area contributed by atoms with Gasteiger partial charge < -0.3 is 16.2 Å². The Hall–Kier alpha value is -0.650. The van der Waals surface area contributed by atoms with E-state index in [9.17, 15) is 4.79 Å². The highest BCUT2D eigenvalue weighted by atomic mass is 16.3. The maximum absolute atomic E-state index is 11.3. The van der Waals surface area contributed by atoms with Crippen LogP contribution in [-0.4, -0.2) is 54.7 Å². The standard InChI is InChI=1S/C9H19N3O2/c10-3-4-11-9(14)6-12-5-1-2-8(12)7-13/h8,13H,1-7,10H2,(H,11,14). The molecule has 14 heavy (non-hydrogen) atoms. The van der Waals surface area contributed by atoms with Gasteiger partial charge >= 0.3 is 0 Å². The van der Waals surface area contributed by atoms with Gasteiger partial charge in [0.2, 0.25) is 5.91 Å². The Kier molecular flexibility index (Phi) is 4.86. The minimum absolute atomic E-state index is 0.00389. The number of aliphatic hydroxyl groups is 1. The normalized spacial score (nSPS) is 22.6. The molecule has 0 bridgehead atoms. The second-order valence-corrected chi connectivity index (χ2v) is 3.59. The number of nitrogens with zero attached hydrogens (tertiary/aromatic N) is 1. The predicted molar refractivity (Wildman–Crippen MR) is 53.7 cm³/mol. The lowest BCUT2D eigenvalue weighted by atomic mass is 10.2. The van der Waals surface area contributed by atoms with E-state index < -0.39 is 0 Å². The molecule has 1 unspecified atom stereocenters. The van der Waals surface area contributed by atoms with Crippen molar-refractivity contribution < 1.29 is 9.90 Å². The fraction of sp³-hybridized carbons (Fsp3) is 0.889. The van der Waals surface area contributed by atoms with E-state index in [4.69, 9.17) is 10.8 Å². The summed E-state index contributed by atoms with van der Waals surface area (Å²) in [5, 5.41) is 11.7. The number of carbonyl (C=O) groups is 1. The smallest absolute Gasteiger partial charge is 0.234 e. The molecule has 1 rings (SSSR count). The summed E-state index contributed by atoms with van der Waals surface area (Å²) in [6, 6.07) is 0.165. The first-order chi connectivity index (χ1) is 6.77. The highest BCUT2D eigenvalue weighted by molar-refractivity contribution is 5.78. The SMILES string of the molecule is NCCNC(=O)CN1CCCC1CO. The van der Waals surface area contributed by atoms with Crippen molar-refractivity contribution in [3.8, 4) is 0 Å². The Balaban J connectivity index is 2.25. The molecule has 5 nitrogen and oxygen atoms in total. The van der Waals surface area contributed by atoms with Crippen LogP contribution in [0.2, 0.25) is 0 Å². The Morgan fingerprint density at radius 2 is 2.43 bits per heavy atom. The van der Waals surface area contributed by atoms with E-state index in [-0.39, 0.29) is 18.6 Å². The molecule has 0 aromatic rings. The van der Waals surface area contributed by atoms with Crippen molar-refractivity contribution in [2.45, 2.75) is 18.9 Å². The van der Waals surface area contributed by atoms with Crippen molar-refractivity contribution in [1.82, 2.24) is 10.2 Å². The lowest BCUT2D eigenvalue weighted by Crippen LogP contribution is -2.42. The number of nitrogens with one attached hydrogen (secondary N) is 1. The van der Waals surface area contributed by atoms with Crippen LogP contribution >= 0.6 is 0 Å². The molecule has 0 radical (unpaired) electrons. The van der Waals surface area contributed by atoms with E-state index in [2.05, 4.69) is 5.32 Å². The Morgan fingerprint density at radius 3 is 3.07 bits per heavy atom. The number of aliphatic hydroxyl groups excluding tert-OH is 1. The predicted octanol–water partition coefficient (Wildman–Crippen LogP) is -1.48. The second-order valence-electron chi connectivity index (χ2n) is 3.59. The molecule has 1 amide bonds. The molecule has 1 fully saturated rings. The van der Waals surface area contributed by atoms with E-state index in [0.29, 0.717) is 19.6 Å². The average molecular weight is 201 g/mol. The first-order valence-corrected chi connectivity index (χ1v) is 5.09. The first kappa shape index (κ1) is 11.4. The van der Waals surface area contributed by atoms with Crippen LogP contribution in [-0.2, 0) is 4.79 Å². The van der Waals surface area contributed by atoms with Gasteiger partial charge in [0.25, 0.3) is 0 Å². The third kappa shape index (κ3) is 3.25. The van der Waals surface area contributed by atoms with Gasteiger partial charge in [0.15, 0.2) is 0 Å². The molecule has 0 spiro atoms. The van der Waals surface area contributed by atoms with E-state index >= 15 is 0 Å². The van der Waals surface area contributed by atoms with Crippen molar-refractivity contribution in [3.63, 3.8) is 0 Å². The summed E-state index contributed by atoms with van der Waals surface area (Å²) in [7, 11) is 0. The number of hydrogen-bond donors (Lipinski definition) is 3. The van der Waals surface area contributed by atoms with Crippen LogP contribution in [0.15, 0.2) is 0 Å². The maximum Gasteiger partial charge on any atom is 0.234 e. The minimum atomic E-state index is -0.00389. The number of amides is 1. The number of carbonyl (C=O) groups excluding carboxylic acids is 1. The molecular formula is C9H19N3O2. The van der Waals surface area contributed by atoms with Crippen molar-refractivity contribution in [1.29, 1.82) is 0 Å². The van der Waals surface area contributed by atoms with E-state index in [1.807, 2.05) is 4.90 Å². The lowest BCUT2D eigenvalue weighted by Gasteiger charge is -2.21. The molecule has 1 heterocycles. The van der Waals surface area contributed by atoms with Gasteiger partial charge in [-0.2, -0.15) is 0 Å². The lowest BCUT2D eigenvalue weighted by molar-refractivity contribution is -0.122. The summed E-state index contributed by atoms with van der Waals surface area (Å²) >= 11 is 0. The quantitative estimate of drug-likeness (QED) is 0.507. The van der Waals surface area contributed by atoms with Crippen molar-refractivity contribution >= 4 is 5.91 Å². The Labute approximate surface area is 84.3 Å². The van der Waals surface area contributed by atoms with Gasteiger partial charge in [-0.1, -0.05) is 0 Å². The number of likely N-dealkylation sites (tertiary alicyclic amines) is 1. The summed E-state index contributed by atoms with van der Waals surface area (Å²) < 4.78 is 0. The third-order valence-corrected chi connectivity index (χ3v) is 2.52. The molecule has 1 aliphatic heterocycles. The third-order valence-electron chi connectivity index (χ3n) is 2.52. The zero-order chi connectivity index (χ0) is 10.4. The van der Waals surface area contributed by atoms with Crippen molar-refractivity contribution in [3.05, 3.63) is 0 Å². The molecule has 0 aromatic carbocycles. The van der Waals surface area contributed by atoms with Gasteiger partial charge in [-0.15, -0.1) is 0 Å². The molecule has 1 atom stereocenters. The second kappa shape index (κ2) is 5.95. The fourth-order valence-corrected chi connectivity index (χ4v) is 1.76.